The zero-order valence-electron chi connectivity index (χ0n) is 15.4. The topological polar surface area (TPSA) is 76.1 Å². The van der Waals surface area contributed by atoms with Gasteiger partial charge in [-0.15, -0.1) is 10.2 Å². The number of anilines is 1. The lowest BCUT2D eigenvalue weighted by Crippen LogP contribution is -2.32. The monoisotopic (exact) mass is 362 g/mol. The fourth-order valence-electron chi connectivity index (χ4n) is 2.41. The van der Waals surface area contributed by atoms with Crippen LogP contribution in [-0.4, -0.2) is 29.4 Å². The van der Waals surface area contributed by atoms with Crippen molar-refractivity contribution < 1.29 is 9.53 Å². The third-order valence-electron chi connectivity index (χ3n) is 3.93. The van der Waals surface area contributed by atoms with Crippen LogP contribution in [0.25, 0.3) is 11.3 Å². The van der Waals surface area contributed by atoms with Crippen LogP contribution in [0.1, 0.15) is 11.1 Å². The van der Waals surface area contributed by atoms with Crippen LogP contribution in [0.5, 0.6) is 5.88 Å². The molecule has 2 amide bonds. The number of benzene rings is 2. The number of urea groups is 1. The molecule has 0 unspecified atom stereocenters. The van der Waals surface area contributed by atoms with Gasteiger partial charge >= 0.3 is 6.03 Å². The lowest BCUT2D eigenvalue weighted by atomic mass is 10.1. The molecular formula is C21H22N4O2. The van der Waals surface area contributed by atoms with E-state index >= 15 is 0 Å². The number of carbonyl (C=O) groups excluding carboxylic acids is 1. The van der Waals surface area contributed by atoms with E-state index in [1.807, 2.05) is 68.4 Å². The molecule has 138 valence electrons. The van der Waals surface area contributed by atoms with Crippen molar-refractivity contribution in [1.82, 2.24) is 15.5 Å². The molecule has 0 radical (unpaired) electrons. The Hall–Kier alpha value is -3.41. The van der Waals surface area contributed by atoms with Gasteiger partial charge in [0.25, 0.3) is 0 Å². The summed E-state index contributed by atoms with van der Waals surface area (Å²) < 4.78 is 5.52. The Morgan fingerprint density at radius 3 is 2.19 bits per heavy atom. The van der Waals surface area contributed by atoms with Gasteiger partial charge in [-0.05, 0) is 32.0 Å². The summed E-state index contributed by atoms with van der Waals surface area (Å²) in [6.45, 7) is 4.71. The highest BCUT2D eigenvalue weighted by Crippen LogP contribution is 2.18. The third kappa shape index (κ3) is 5.54. The number of amides is 2. The molecule has 0 aliphatic rings. The Bertz CT molecular complexity index is 876. The van der Waals surface area contributed by atoms with Crippen LogP contribution in [0.15, 0.2) is 60.7 Å². The largest absolute Gasteiger partial charge is 0.475 e. The number of ether oxygens (including phenoxy) is 1. The van der Waals surface area contributed by atoms with E-state index in [4.69, 9.17) is 4.74 Å². The van der Waals surface area contributed by atoms with Gasteiger partial charge in [0.1, 0.15) is 6.61 Å². The number of nitrogens with one attached hydrogen (secondary N) is 2. The molecule has 1 heterocycles. The zero-order chi connectivity index (χ0) is 19.1. The Morgan fingerprint density at radius 2 is 1.56 bits per heavy atom. The van der Waals surface area contributed by atoms with Crippen LogP contribution in [0.2, 0.25) is 0 Å². The van der Waals surface area contributed by atoms with Crippen LogP contribution in [0, 0.1) is 13.8 Å². The average molecular weight is 362 g/mol. The van der Waals surface area contributed by atoms with Crippen molar-refractivity contribution in [2.75, 3.05) is 18.5 Å². The Balaban J connectivity index is 1.41. The molecule has 1 aromatic heterocycles. The molecule has 0 aliphatic carbocycles. The predicted molar refractivity (Wildman–Crippen MR) is 106 cm³/mol. The summed E-state index contributed by atoms with van der Waals surface area (Å²) in [5.74, 6) is 0.423. The van der Waals surface area contributed by atoms with E-state index in [0.29, 0.717) is 19.0 Å². The van der Waals surface area contributed by atoms with Crippen LogP contribution in [-0.2, 0) is 0 Å². The number of nitrogens with zero attached hydrogens (tertiary/aromatic N) is 2. The molecule has 0 fully saturated rings. The number of aryl methyl sites for hydroxylation is 2. The fraction of sp³-hybridized carbons (Fsp3) is 0.190. The normalized spacial score (nSPS) is 10.3. The van der Waals surface area contributed by atoms with Gasteiger partial charge in [-0.25, -0.2) is 4.79 Å². The van der Waals surface area contributed by atoms with Crippen molar-refractivity contribution in [3.8, 4) is 17.1 Å². The average Bonchev–Trinajstić information content (AvgIpc) is 2.68. The lowest BCUT2D eigenvalue weighted by Gasteiger charge is -2.09. The molecule has 3 rings (SSSR count). The van der Waals surface area contributed by atoms with Crippen LogP contribution in [0.4, 0.5) is 10.5 Å². The van der Waals surface area contributed by atoms with Crippen LogP contribution < -0.4 is 15.4 Å². The molecule has 27 heavy (non-hydrogen) atoms. The van der Waals surface area contributed by atoms with Crippen molar-refractivity contribution in [3.63, 3.8) is 0 Å². The summed E-state index contributed by atoms with van der Waals surface area (Å²) >= 11 is 0. The van der Waals surface area contributed by atoms with E-state index in [1.165, 1.54) is 5.56 Å². The van der Waals surface area contributed by atoms with Gasteiger partial charge in [-0.3, -0.25) is 0 Å². The summed E-state index contributed by atoms with van der Waals surface area (Å²) in [6, 6.07) is 19.1. The van der Waals surface area contributed by atoms with E-state index < -0.39 is 0 Å². The maximum atomic E-state index is 11.8. The Labute approximate surface area is 158 Å². The number of aromatic nitrogens is 2. The van der Waals surface area contributed by atoms with Crippen molar-refractivity contribution in [2.45, 2.75) is 13.8 Å². The highest BCUT2D eigenvalue weighted by atomic mass is 16.5. The SMILES string of the molecule is Cc1ccc(NC(=O)NCCOc2ccc(-c3ccc(C)cc3)nn2)cc1. The van der Waals surface area contributed by atoms with Crippen LogP contribution in [0.3, 0.4) is 0 Å². The van der Waals surface area contributed by atoms with Gasteiger partial charge < -0.3 is 15.4 Å². The Morgan fingerprint density at radius 1 is 0.889 bits per heavy atom. The molecule has 0 saturated heterocycles. The molecule has 6 nitrogen and oxygen atoms in total. The van der Waals surface area contributed by atoms with Crippen molar-refractivity contribution in [1.29, 1.82) is 0 Å². The lowest BCUT2D eigenvalue weighted by molar-refractivity contribution is 0.246. The fourth-order valence-corrected chi connectivity index (χ4v) is 2.41. The summed E-state index contributed by atoms with van der Waals surface area (Å²) in [5.41, 5.74) is 4.89. The van der Waals surface area contributed by atoms with Crippen molar-refractivity contribution in [2.24, 2.45) is 0 Å². The first-order chi connectivity index (χ1) is 13.1. The first kappa shape index (κ1) is 18.4. The highest BCUT2D eigenvalue weighted by molar-refractivity contribution is 5.89. The number of rotatable bonds is 6. The molecule has 0 saturated carbocycles. The molecule has 6 heteroatoms. The molecule has 0 aliphatic heterocycles. The molecule has 0 spiro atoms. The van der Waals surface area contributed by atoms with E-state index in [9.17, 15) is 4.79 Å². The predicted octanol–water partition coefficient (Wildman–Crippen LogP) is 3.96. The molecule has 0 atom stereocenters. The minimum absolute atomic E-state index is 0.275. The second-order valence-corrected chi connectivity index (χ2v) is 6.22. The smallest absolute Gasteiger partial charge is 0.319 e. The maximum Gasteiger partial charge on any atom is 0.319 e. The van der Waals surface area contributed by atoms with Crippen molar-refractivity contribution in [3.05, 3.63) is 71.8 Å². The van der Waals surface area contributed by atoms with E-state index in [2.05, 4.69) is 20.8 Å². The summed E-state index contributed by atoms with van der Waals surface area (Å²) in [4.78, 5) is 11.8. The van der Waals surface area contributed by atoms with Gasteiger partial charge in [-0.1, -0.05) is 47.5 Å². The van der Waals surface area contributed by atoms with E-state index in [1.54, 1.807) is 6.07 Å². The standard InChI is InChI=1S/C21H22N4O2/c1-15-3-7-17(8-4-15)19-11-12-20(25-24-19)27-14-13-22-21(26)23-18-9-5-16(2)6-10-18/h3-12H,13-14H2,1-2H3,(H2,22,23,26). The van der Waals surface area contributed by atoms with Gasteiger partial charge in [0.2, 0.25) is 5.88 Å². The second kappa shape index (κ2) is 8.80. The highest BCUT2D eigenvalue weighted by Gasteiger charge is 2.03. The van der Waals surface area contributed by atoms with Gasteiger partial charge in [0, 0.05) is 17.3 Å². The van der Waals surface area contributed by atoms with Gasteiger partial charge in [0.05, 0.1) is 12.2 Å². The number of hydrogen-bond acceptors (Lipinski definition) is 4. The zero-order valence-corrected chi connectivity index (χ0v) is 15.4. The summed E-state index contributed by atoms with van der Waals surface area (Å²) in [7, 11) is 0. The van der Waals surface area contributed by atoms with E-state index in [0.717, 1.165) is 22.5 Å². The molecule has 3 aromatic rings. The van der Waals surface area contributed by atoms with Crippen molar-refractivity contribution >= 4 is 11.7 Å². The quantitative estimate of drug-likeness (QED) is 0.651. The van der Waals surface area contributed by atoms with Crippen LogP contribution >= 0.6 is 0 Å². The molecular weight excluding hydrogens is 340 g/mol. The number of carbonyl (C=O) groups is 1. The molecule has 0 bridgehead atoms. The minimum Gasteiger partial charge on any atom is -0.475 e. The second-order valence-electron chi connectivity index (χ2n) is 6.22. The third-order valence-corrected chi connectivity index (χ3v) is 3.93. The number of hydrogen-bond donors (Lipinski definition) is 2. The first-order valence-corrected chi connectivity index (χ1v) is 8.75. The minimum atomic E-state index is -0.275. The molecule has 2 aromatic carbocycles. The first-order valence-electron chi connectivity index (χ1n) is 8.75. The van der Waals surface area contributed by atoms with Gasteiger partial charge in [0.15, 0.2) is 0 Å². The molecule has 2 N–H and O–H groups in total. The van der Waals surface area contributed by atoms with Gasteiger partial charge in [-0.2, -0.15) is 0 Å². The summed E-state index contributed by atoms with van der Waals surface area (Å²) in [6.07, 6.45) is 0. The Kier molecular flexibility index (Phi) is 5.99. The summed E-state index contributed by atoms with van der Waals surface area (Å²) in [5, 5.41) is 13.7. The van der Waals surface area contributed by atoms with E-state index in [-0.39, 0.29) is 6.03 Å². The maximum absolute atomic E-state index is 11.8.